The first kappa shape index (κ1) is 19.2. The van der Waals surface area contributed by atoms with Gasteiger partial charge in [0.1, 0.15) is 10.6 Å². The van der Waals surface area contributed by atoms with Gasteiger partial charge in [-0.15, -0.1) is 0 Å². The molecule has 1 atom stereocenters. The van der Waals surface area contributed by atoms with Crippen LogP contribution in [0.5, 0.6) is 5.75 Å². The van der Waals surface area contributed by atoms with Crippen molar-refractivity contribution < 1.29 is 31.4 Å². The standard InChI is InChI=1S/C16H16F3NO4S/c1-24-13-9-5-6-10-14(13)25(22,23)20-11-15(21,16(17,18)19)12-7-3-2-4-8-12/h2-10,20-21H,11H2,1H3. The van der Waals surface area contributed by atoms with Gasteiger partial charge in [0.2, 0.25) is 10.0 Å². The minimum absolute atomic E-state index is 0.0229. The summed E-state index contributed by atoms with van der Waals surface area (Å²) in [6.07, 6.45) is -5.09. The highest BCUT2D eigenvalue weighted by molar-refractivity contribution is 7.89. The molecule has 0 bridgehead atoms. The zero-order chi connectivity index (χ0) is 18.7. The molecule has 0 saturated carbocycles. The Morgan fingerprint density at radius 3 is 2.16 bits per heavy atom. The zero-order valence-corrected chi connectivity index (χ0v) is 13.9. The summed E-state index contributed by atoms with van der Waals surface area (Å²) in [7, 11) is -3.10. The lowest BCUT2D eigenvalue weighted by Gasteiger charge is -2.31. The molecule has 5 nitrogen and oxygen atoms in total. The normalized spacial score (nSPS) is 14.8. The van der Waals surface area contributed by atoms with Gasteiger partial charge in [0.25, 0.3) is 0 Å². The molecule has 0 aromatic heterocycles. The Morgan fingerprint density at radius 2 is 1.60 bits per heavy atom. The Bertz CT molecular complexity index is 825. The molecular weight excluding hydrogens is 359 g/mol. The predicted molar refractivity (Wildman–Crippen MR) is 84.6 cm³/mol. The van der Waals surface area contributed by atoms with Crippen molar-refractivity contribution >= 4 is 10.0 Å². The van der Waals surface area contributed by atoms with Crippen LogP contribution in [0.3, 0.4) is 0 Å². The lowest BCUT2D eigenvalue weighted by molar-refractivity contribution is -0.263. The Labute approximate surface area is 143 Å². The first-order chi connectivity index (χ1) is 11.6. The zero-order valence-electron chi connectivity index (χ0n) is 13.1. The molecular formula is C16H16F3NO4S. The fourth-order valence-electron chi connectivity index (χ4n) is 2.20. The summed E-state index contributed by atoms with van der Waals surface area (Å²) < 4.78 is 71.6. The molecule has 0 aliphatic heterocycles. The van der Waals surface area contributed by atoms with Gasteiger partial charge in [0, 0.05) is 0 Å². The predicted octanol–water partition coefficient (Wildman–Crippen LogP) is 2.42. The number of para-hydroxylation sites is 1. The van der Waals surface area contributed by atoms with Crippen LogP contribution in [-0.2, 0) is 15.6 Å². The van der Waals surface area contributed by atoms with Gasteiger partial charge in [0.15, 0.2) is 5.60 Å². The van der Waals surface area contributed by atoms with Gasteiger partial charge >= 0.3 is 6.18 Å². The number of hydrogen-bond donors (Lipinski definition) is 2. The average molecular weight is 375 g/mol. The summed E-state index contributed by atoms with van der Waals surface area (Å²) in [5.74, 6) is -0.0229. The van der Waals surface area contributed by atoms with E-state index in [1.54, 1.807) is 0 Å². The summed E-state index contributed by atoms with van der Waals surface area (Å²) in [6, 6.07) is 11.8. The largest absolute Gasteiger partial charge is 0.495 e. The van der Waals surface area contributed by atoms with Crippen LogP contribution in [-0.4, -0.2) is 33.4 Å². The number of benzene rings is 2. The third-order valence-electron chi connectivity index (χ3n) is 3.60. The quantitative estimate of drug-likeness (QED) is 0.813. The number of methoxy groups -OCH3 is 1. The highest BCUT2D eigenvalue weighted by Gasteiger charge is 2.55. The molecule has 1 unspecified atom stereocenters. The van der Waals surface area contributed by atoms with Crippen LogP contribution in [0.25, 0.3) is 0 Å². The van der Waals surface area contributed by atoms with E-state index < -0.39 is 33.9 Å². The van der Waals surface area contributed by atoms with Crippen LogP contribution in [0.15, 0.2) is 59.5 Å². The lowest BCUT2D eigenvalue weighted by atomic mass is 9.93. The van der Waals surface area contributed by atoms with Gasteiger partial charge in [0.05, 0.1) is 13.7 Å². The topological polar surface area (TPSA) is 75.6 Å². The molecule has 0 spiro atoms. The molecule has 2 rings (SSSR count). The van der Waals surface area contributed by atoms with Crippen molar-refractivity contribution in [1.82, 2.24) is 4.72 Å². The Morgan fingerprint density at radius 1 is 1.04 bits per heavy atom. The second-order valence-electron chi connectivity index (χ2n) is 5.20. The van der Waals surface area contributed by atoms with Crippen molar-refractivity contribution in [1.29, 1.82) is 0 Å². The number of hydrogen-bond acceptors (Lipinski definition) is 4. The second-order valence-corrected chi connectivity index (χ2v) is 6.93. The number of nitrogens with one attached hydrogen (secondary N) is 1. The van der Waals surface area contributed by atoms with Gasteiger partial charge in [-0.25, -0.2) is 13.1 Å². The summed E-state index contributed by atoms with van der Waals surface area (Å²) in [4.78, 5) is -0.324. The SMILES string of the molecule is COc1ccccc1S(=O)(=O)NCC(O)(c1ccccc1)C(F)(F)F. The highest BCUT2D eigenvalue weighted by atomic mass is 32.2. The van der Waals surface area contributed by atoms with Crippen molar-refractivity contribution in [3.63, 3.8) is 0 Å². The van der Waals surface area contributed by atoms with Gasteiger partial charge in [-0.2, -0.15) is 13.2 Å². The third kappa shape index (κ3) is 3.94. The van der Waals surface area contributed by atoms with E-state index in [0.717, 1.165) is 12.1 Å². The minimum Gasteiger partial charge on any atom is -0.495 e. The highest BCUT2D eigenvalue weighted by Crippen LogP contribution is 2.38. The molecule has 2 aromatic carbocycles. The van der Waals surface area contributed by atoms with E-state index in [-0.39, 0.29) is 10.6 Å². The maximum absolute atomic E-state index is 13.4. The summed E-state index contributed by atoms with van der Waals surface area (Å²) in [6.45, 7) is -1.28. The number of halogens is 3. The number of aliphatic hydroxyl groups is 1. The van der Waals surface area contributed by atoms with Crippen molar-refractivity contribution in [3.8, 4) is 5.75 Å². The molecule has 25 heavy (non-hydrogen) atoms. The van der Waals surface area contributed by atoms with Gasteiger partial charge in [-0.3, -0.25) is 0 Å². The Hall–Kier alpha value is -2.10. The molecule has 0 aliphatic carbocycles. The van der Waals surface area contributed by atoms with E-state index in [1.807, 2.05) is 4.72 Å². The van der Waals surface area contributed by atoms with Gasteiger partial charge in [-0.05, 0) is 17.7 Å². The molecule has 0 heterocycles. The van der Waals surface area contributed by atoms with Crippen LogP contribution >= 0.6 is 0 Å². The maximum Gasteiger partial charge on any atom is 0.422 e. The number of ether oxygens (including phenoxy) is 1. The summed E-state index contributed by atoms with van der Waals surface area (Å²) >= 11 is 0. The molecule has 136 valence electrons. The Balaban J connectivity index is 2.36. The van der Waals surface area contributed by atoms with Gasteiger partial charge in [-0.1, -0.05) is 42.5 Å². The van der Waals surface area contributed by atoms with Crippen LogP contribution in [0.2, 0.25) is 0 Å². The van der Waals surface area contributed by atoms with Crippen LogP contribution < -0.4 is 9.46 Å². The maximum atomic E-state index is 13.4. The minimum atomic E-state index is -5.09. The van der Waals surface area contributed by atoms with Crippen molar-refractivity contribution in [2.45, 2.75) is 16.7 Å². The fraction of sp³-hybridized carbons (Fsp3) is 0.250. The molecule has 0 fully saturated rings. The van der Waals surface area contributed by atoms with Crippen molar-refractivity contribution in [3.05, 3.63) is 60.2 Å². The second kappa shape index (κ2) is 7.03. The first-order valence-corrected chi connectivity index (χ1v) is 8.57. The summed E-state index contributed by atoms with van der Waals surface area (Å²) in [5, 5.41) is 10.2. The molecule has 2 aromatic rings. The van der Waals surface area contributed by atoms with Crippen LogP contribution in [0, 0.1) is 0 Å². The molecule has 0 saturated heterocycles. The first-order valence-electron chi connectivity index (χ1n) is 7.09. The van der Waals surface area contributed by atoms with E-state index in [2.05, 4.69) is 0 Å². The smallest absolute Gasteiger partial charge is 0.422 e. The average Bonchev–Trinajstić information content (AvgIpc) is 2.59. The van der Waals surface area contributed by atoms with E-state index in [1.165, 1.54) is 49.6 Å². The number of sulfonamides is 1. The van der Waals surface area contributed by atoms with Crippen molar-refractivity contribution in [2.24, 2.45) is 0 Å². The van der Waals surface area contributed by atoms with Gasteiger partial charge < -0.3 is 9.84 Å². The van der Waals surface area contributed by atoms with E-state index in [9.17, 15) is 26.7 Å². The number of alkyl halides is 3. The van der Waals surface area contributed by atoms with E-state index in [4.69, 9.17) is 4.74 Å². The van der Waals surface area contributed by atoms with Crippen LogP contribution in [0.1, 0.15) is 5.56 Å². The van der Waals surface area contributed by atoms with Crippen LogP contribution in [0.4, 0.5) is 13.2 Å². The molecule has 9 heteroatoms. The van der Waals surface area contributed by atoms with Crippen molar-refractivity contribution in [2.75, 3.05) is 13.7 Å². The third-order valence-corrected chi connectivity index (χ3v) is 5.04. The molecule has 2 N–H and O–H groups in total. The molecule has 0 amide bonds. The van der Waals surface area contributed by atoms with E-state index >= 15 is 0 Å². The fourth-order valence-corrected chi connectivity index (χ4v) is 3.43. The monoisotopic (exact) mass is 375 g/mol. The number of rotatable bonds is 6. The Kier molecular flexibility index (Phi) is 5.40. The lowest BCUT2D eigenvalue weighted by Crippen LogP contribution is -2.51. The summed E-state index contributed by atoms with van der Waals surface area (Å²) in [5.41, 5.74) is -3.84. The molecule has 0 radical (unpaired) electrons. The van der Waals surface area contributed by atoms with E-state index in [0.29, 0.717) is 0 Å². The molecule has 0 aliphatic rings.